The lowest BCUT2D eigenvalue weighted by atomic mass is 10.1. The summed E-state index contributed by atoms with van der Waals surface area (Å²) in [6.45, 7) is 7.54. The number of aromatic amines is 1. The average molecular weight is 328 g/mol. The molecule has 6 heteroatoms. The second-order valence-electron chi connectivity index (χ2n) is 6.39. The molecule has 24 heavy (non-hydrogen) atoms. The van der Waals surface area contributed by atoms with Gasteiger partial charge in [0, 0.05) is 30.8 Å². The summed E-state index contributed by atoms with van der Waals surface area (Å²) in [5.41, 5.74) is 3.52. The van der Waals surface area contributed by atoms with E-state index in [-0.39, 0.29) is 18.1 Å². The van der Waals surface area contributed by atoms with E-state index in [4.69, 9.17) is 4.74 Å². The van der Waals surface area contributed by atoms with Crippen molar-refractivity contribution in [2.75, 3.05) is 6.54 Å². The van der Waals surface area contributed by atoms with Crippen LogP contribution in [0.25, 0.3) is 0 Å². The summed E-state index contributed by atoms with van der Waals surface area (Å²) in [5.74, 6) is 0.656. The zero-order chi connectivity index (χ0) is 17.1. The first kappa shape index (κ1) is 16.5. The lowest BCUT2D eigenvalue weighted by molar-refractivity contribution is 0.0933. The van der Waals surface area contributed by atoms with Gasteiger partial charge in [-0.1, -0.05) is 12.1 Å². The van der Waals surface area contributed by atoms with E-state index in [9.17, 15) is 4.79 Å². The zero-order valence-corrected chi connectivity index (χ0v) is 14.3. The van der Waals surface area contributed by atoms with Gasteiger partial charge in [-0.25, -0.2) is 0 Å². The topological polar surface area (TPSA) is 79.0 Å². The van der Waals surface area contributed by atoms with Gasteiger partial charge in [0.25, 0.3) is 5.91 Å². The SMILES string of the molecule is CC(C)Oc1cccc(C(C)NC(=O)c2n[nH]c3c2CNCC3)c1. The smallest absolute Gasteiger partial charge is 0.272 e. The van der Waals surface area contributed by atoms with Crippen LogP contribution >= 0.6 is 0 Å². The number of rotatable bonds is 5. The summed E-state index contributed by atoms with van der Waals surface area (Å²) in [4.78, 5) is 12.6. The molecule has 1 aliphatic heterocycles. The summed E-state index contributed by atoms with van der Waals surface area (Å²) >= 11 is 0. The molecule has 1 aromatic carbocycles. The lowest BCUT2D eigenvalue weighted by Crippen LogP contribution is -2.30. The first-order valence-corrected chi connectivity index (χ1v) is 8.39. The van der Waals surface area contributed by atoms with Crippen LogP contribution in [0.4, 0.5) is 0 Å². The molecule has 0 saturated carbocycles. The molecule has 2 heterocycles. The van der Waals surface area contributed by atoms with Crippen LogP contribution in [-0.2, 0) is 13.0 Å². The molecule has 0 bridgehead atoms. The van der Waals surface area contributed by atoms with Crippen LogP contribution in [0.3, 0.4) is 0 Å². The van der Waals surface area contributed by atoms with Crippen molar-refractivity contribution in [2.24, 2.45) is 0 Å². The van der Waals surface area contributed by atoms with E-state index >= 15 is 0 Å². The largest absolute Gasteiger partial charge is 0.491 e. The Hall–Kier alpha value is -2.34. The fourth-order valence-corrected chi connectivity index (χ4v) is 2.89. The van der Waals surface area contributed by atoms with Crippen LogP contribution in [0.5, 0.6) is 5.75 Å². The Bertz CT molecular complexity index is 724. The van der Waals surface area contributed by atoms with Crippen molar-refractivity contribution in [3.63, 3.8) is 0 Å². The molecular formula is C18H24N4O2. The highest BCUT2D eigenvalue weighted by molar-refractivity contribution is 5.94. The maximum Gasteiger partial charge on any atom is 0.272 e. The molecule has 1 atom stereocenters. The number of fused-ring (bicyclic) bond motifs is 1. The van der Waals surface area contributed by atoms with Crippen molar-refractivity contribution in [3.05, 3.63) is 46.8 Å². The molecule has 6 nitrogen and oxygen atoms in total. The second-order valence-corrected chi connectivity index (χ2v) is 6.39. The van der Waals surface area contributed by atoms with Crippen LogP contribution in [0, 0.1) is 0 Å². The van der Waals surface area contributed by atoms with Gasteiger partial charge in [-0.2, -0.15) is 5.10 Å². The molecule has 0 spiro atoms. The highest BCUT2D eigenvalue weighted by Gasteiger charge is 2.22. The number of hydrogen-bond acceptors (Lipinski definition) is 4. The minimum atomic E-state index is -0.154. The van der Waals surface area contributed by atoms with Crippen LogP contribution < -0.4 is 15.4 Å². The molecule has 2 aromatic rings. The van der Waals surface area contributed by atoms with Gasteiger partial charge in [-0.15, -0.1) is 0 Å². The summed E-state index contributed by atoms with van der Waals surface area (Å²) < 4.78 is 5.72. The number of nitrogens with one attached hydrogen (secondary N) is 3. The first-order chi connectivity index (χ1) is 11.5. The molecular weight excluding hydrogens is 304 g/mol. The Morgan fingerprint density at radius 3 is 2.96 bits per heavy atom. The number of benzene rings is 1. The summed E-state index contributed by atoms with van der Waals surface area (Å²) in [6.07, 6.45) is 0.993. The van der Waals surface area contributed by atoms with Crippen LogP contribution in [0.2, 0.25) is 0 Å². The monoisotopic (exact) mass is 328 g/mol. The normalized spacial score (nSPS) is 15.0. The predicted octanol–water partition coefficient (Wildman–Crippen LogP) is 2.33. The number of aromatic nitrogens is 2. The molecule has 3 N–H and O–H groups in total. The minimum absolute atomic E-state index is 0.119. The average Bonchev–Trinajstić information content (AvgIpc) is 2.98. The second kappa shape index (κ2) is 7.05. The van der Waals surface area contributed by atoms with Gasteiger partial charge in [0.05, 0.1) is 12.1 Å². The van der Waals surface area contributed by atoms with E-state index < -0.39 is 0 Å². The number of hydrogen-bond donors (Lipinski definition) is 3. The fraction of sp³-hybridized carbons (Fsp3) is 0.444. The van der Waals surface area contributed by atoms with Crippen LogP contribution in [0.15, 0.2) is 24.3 Å². The maximum absolute atomic E-state index is 12.6. The van der Waals surface area contributed by atoms with Crippen molar-refractivity contribution < 1.29 is 9.53 Å². The number of amides is 1. The van der Waals surface area contributed by atoms with Crippen molar-refractivity contribution in [3.8, 4) is 5.75 Å². The predicted molar refractivity (Wildman–Crippen MR) is 92.1 cm³/mol. The number of ether oxygens (including phenoxy) is 1. The van der Waals surface area contributed by atoms with Crippen molar-refractivity contribution in [1.82, 2.24) is 20.8 Å². The Balaban J connectivity index is 1.71. The third-order valence-electron chi connectivity index (χ3n) is 4.10. The van der Waals surface area contributed by atoms with Crippen molar-refractivity contribution in [2.45, 2.75) is 45.9 Å². The standard InChI is InChI=1S/C18H24N4O2/c1-11(2)24-14-6-4-5-13(9-14)12(3)20-18(23)17-15-10-19-8-7-16(15)21-22-17/h4-6,9,11-12,19H,7-8,10H2,1-3H3,(H,20,23)(H,21,22). The quantitative estimate of drug-likeness (QED) is 0.787. The zero-order valence-electron chi connectivity index (χ0n) is 14.3. The van der Waals surface area contributed by atoms with E-state index in [1.54, 1.807) is 0 Å². The third-order valence-corrected chi connectivity index (χ3v) is 4.10. The van der Waals surface area contributed by atoms with Crippen molar-refractivity contribution in [1.29, 1.82) is 0 Å². The van der Waals surface area contributed by atoms with E-state index in [1.165, 1.54) is 0 Å². The summed E-state index contributed by atoms with van der Waals surface area (Å²) in [6, 6.07) is 7.69. The highest BCUT2D eigenvalue weighted by atomic mass is 16.5. The molecule has 1 amide bonds. The molecule has 1 aromatic heterocycles. The fourth-order valence-electron chi connectivity index (χ4n) is 2.89. The van der Waals surface area contributed by atoms with Gasteiger partial charge in [-0.3, -0.25) is 9.89 Å². The Kier molecular flexibility index (Phi) is 4.85. The Labute approximate surface area is 142 Å². The minimum Gasteiger partial charge on any atom is -0.491 e. The van der Waals surface area contributed by atoms with Gasteiger partial charge in [0.1, 0.15) is 5.75 Å². The van der Waals surface area contributed by atoms with Crippen LogP contribution in [-0.4, -0.2) is 28.8 Å². The molecule has 3 rings (SSSR count). The molecule has 1 unspecified atom stereocenters. The first-order valence-electron chi connectivity index (χ1n) is 8.39. The maximum atomic E-state index is 12.6. The molecule has 1 aliphatic rings. The van der Waals surface area contributed by atoms with Gasteiger partial charge in [0.2, 0.25) is 0 Å². The van der Waals surface area contributed by atoms with Gasteiger partial charge in [-0.05, 0) is 38.5 Å². The molecule has 128 valence electrons. The van der Waals surface area contributed by atoms with E-state index in [1.807, 2.05) is 45.0 Å². The third kappa shape index (κ3) is 3.59. The number of nitrogens with zero attached hydrogens (tertiary/aromatic N) is 1. The highest BCUT2D eigenvalue weighted by Crippen LogP contribution is 2.21. The number of carbonyl (C=O) groups is 1. The van der Waals surface area contributed by atoms with Crippen LogP contribution in [0.1, 0.15) is 54.1 Å². The molecule has 0 radical (unpaired) electrons. The van der Waals surface area contributed by atoms with E-state index in [0.29, 0.717) is 12.2 Å². The lowest BCUT2D eigenvalue weighted by Gasteiger charge is -2.17. The van der Waals surface area contributed by atoms with E-state index in [0.717, 1.165) is 35.5 Å². The Morgan fingerprint density at radius 1 is 1.33 bits per heavy atom. The summed E-state index contributed by atoms with van der Waals surface area (Å²) in [5, 5.41) is 13.5. The number of carbonyl (C=O) groups excluding carboxylic acids is 1. The molecule has 0 aliphatic carbocycles. The Morgan fingerprint density at radius 2 is 2.17 bits per heavy atom. The molecule has 0 fully saturated rings. The van der Waals surface area contributed by atoms with Crippen molar-refractivity contribution >= 4 is 5.91 Å². The van der Waals surface area contributed by atoms with Gasteiger partial charge in [0.15, 0.2) is 5.69 Å². The summed E-state index contributed by atoms with van der Waals surface area (Å²) in [7, 11) is 0. The number of H-pyrrole nitrogens is 1. The van der Waals surface area contributed by atoms with Gasteiger partial charge >= 0.3 is 0 Å². The molecule has 0 saturated heterocycles. The van der Waals surface area contributed by atoms with Gasteiger partial charge < -0.3 is 15.4 Å². The van der Waals surface area contributed by atoms with E-state index in [2.05, 4.69) is 20.8 Å².